The molecule has 2 aliphatic carbocycles. The van der Waals surface area contributed by atoms with E-state index in [1.165, 1.54) is 51.4 Å². The fourth-order valence-corrected chi connectivity index (χ4v) is 2.36. The Balaban J connectivity index is 1.83. The Labute approximate surface area is 93.2 Å². The summed E-state index contributed by atoms with van der Waals surface area (Å²) in [4.78, 5) is 0. The van der Waals surface area contributed by atoms with Crippen LogP contribution in [0.3, 0.4) is 0 Å². The highest BCUT2D eigenvalue weighted by molar-refractivity contribution is 4.97. The Morgan fingerprint density at radius 3 is 1.80 bits per heavy atom. The predicted molar refractivity (Wildman–Crippen MR) is 63.9 cm³/mol. The maximum absolute atomic E-state index is 6.12. The molecule has 0 amide bonds. The fraction of sp³-hybridized carbons (Fsp3) is 0.714. The summed E-state index contributed by atoms with van der Waals surface area (Å²) in [6.07, 6.45) is 20.0. The van der Waals surface area contributed by atoms with Crippen molar-refractivity contribution in [2.75, 3.05) is 0 Å². The first-order valence-electron chi connectivity index (χ1n) is 6.44. The van der Waals surface area contributed by atoms with Gasteiger partial charge >= 0.3 is 0 Å². The molecule has 15 heavy (non-hydrogen) atoms. The molecule has 1 nitrogen and oxygen atoms in total. The van der Waals surface area contributed by atoms with Gasteiger partial charge in [-0.15, -0.1) is 0 Å². The number of rotatable bonds is 2. The maximum atomic E-state index is 6.12. The molecule has 0 spiro atoms. The highest BCUT2D eigenvalue weighted by atomic mass is 16.5. The maximum Gasteiger partial charge on any atom is 0.0763 e. The molecule has 0 saturated heterocycles. The van der Waals surface area contributed by atoms with Crippen molar-refractivity contribution in [1.29, 1.82) is 0 Å². The first-order valence-corrected chi connectivity index (χ1v) is 6.44. The zero-order chi connectivity index (χ0) is 10.3. The molecule has 0 saturated carbocycles. The van der Waals surface area contributed by atoms with E-state index in [4.69, 9.17) is 4.74 Å². The van der Waals surface area contributed by atoms with Gasteiger partial charge in [-0.05, 0) is 38.5 Å². The minimum Gasteiger partial charge on any atom is -0.367 e. The van der Waals surface area contributed by atoms with Crippen molar-refractivity contribution in [3.63, 3.8) is 0 Å². The van der Waals surface area contributed by atoms with Gasteiger partial charge < -0.3 is 4.74 Å². The molecule has 0 aromatic rings. The Morgan fingerprint density at radius 2 is 1.27 bits per heavy atom. The zero-order valence-corrected chi connectivity index (χ0v) is 9.53. The quantitative estimate of drug-likeness (QED) is 0.620. The Kier molecular flexibility index (Phi) is 4.46. The number of hydrogen-bond donors (Lipinski definition) is 0. The fourth-order valence-electron chi connectivity index (χ4n) is 2.36. The van der Waals surface area contributed by atoms with Gasteiger partial charge in [0, 0.05) is 0 Å². The van der Waals surface area contributed by atoms with E-state index >= 15 is 0 Å². The van der Waals surface area contributed by atoms with Gasteiger partial charge in [0.15, 0.2) is 0 Å². The number of allylic oxidation sites excluding steroid dienone is 2. The molecular weight excluding hydrogens is 184 g/mol. The van der Waals surface area contributed by atoms with E-state index < -0.39 is 0 Å². The molecule has 0 aliphatic heterocycles. The van der Waals surface area contributed by atoms with E-state index in [0.717, 1.165) is 0 Å². The highest BCUT2D eigenvalue weighted by Gasteiger charge is 2.14. The van der Waals surface area contributed by atoms with Crippen LogP contribution in [0, 0.1) is 0 Å². The van der Waals surface area contributed by atoms with E-state index in [9.17, 15) is 0 Å². The van der Waals surface area contributed by atoms with Crippen LogP contribution in [-0.2, 0) is 4.74 Å². The minimum atomic E-state index is 0.375. The molecule has 2 atom stereocenters. The molecular formula is C14H22O. The molecule has 2 unspecified atom stereocenters. The van der Waals surface area contributed by atoms with Crippen molar-refractivity contribution in [3.05, 3.63) is 24.3 Å². The Hall–Kier alpha value is -0.560. The first-order chi connectivity index (χ1) is 7.45. The second-order valence-corrected chi connectivity index (χ2v) is 4.64. The van der Waals surface area contributed by atoms with Gasteiger partial charge in [-0.2, -0.15) is 0 Å². The summed E-state index contributed by atoms with van der Waals surface area (Å²) < 4.78 is 6.12. The molecule has 84 valence electrons. The first kappa shape index (κ1) is 10.9. The summed E-state index contributed by atoms with van der Waals surface area (Å²) in [5, 5.41) is 0. The predicted octanol–water partition coefficient (Wildman–Crippen LogP) is 4.00. The third-order valence-corrected chi connectivity index (χ3v) is 3.27. The van der Waals surface area contributed by atoms with Gasteiger partial charge in [0.05, 0.1) is 12.2 Å². The van der Waals surface area contributed by atoms with Crippen LogP contribution in [0.4, 0.5) is 0 Å². The van der Waals surface area contributed by atoms with E-state index in [-0.39, 0.29) is 0 Å². The summed E-state index contributed by atoms with van der Waals surface area (Å²) in [5.41, 5.74) is 0. The lowest BCUT2D eigenvalue weighted by atomic mass is 10.1. The van der Waals surface area contributed by atoms with Crippen molar-refractivity contribution >= 4 is 0 Å². The summed E-state index contributed by atoms with van der Waals surface area (Å²) in [5.74, 6) is 0. The second kappa shape index (κ2) is 6.12. The lowest BCUT2D eigenvalue weighted by Gasteiger charge is -2.19. The van der Waals surface area contributed by atoms with Gasteiger partial charge in [-0.25, -0.2) is 0 Å². The van der Waals surface area contributed by atoms with E-state index in [2.05, 4.69) is 24.3 Å². The largest absolute Gasteiger partial charge is 0.367 e. The molecule has 1 heteroatoms. The zero-order valence-electron chi connectivity index (χ0n) is 9.53. The second-order valence-electron chi connectivity index (χ2n) is 4.64. The van der Waals surface area contributed by atoms with Crippen LogP contribution < -0.4 is 0 Å². The number of hydrogen-bond acceptors (Lipinski definition) is 1. The van der Waals surface area contributed by atoms with Gasteiger partial charge in [-0.1, -0.05) is 37.1 Å². The van der Waals surface area contributed by atoms with Crippen LogP contribution in [0.2, 0.25) is 0 Å². The SMILES string of the molecule is C1=CC(OC2C=CCCCC2)CCCC1. The minimum absolute atomic E-state index is 0.375. The van der Waals surface area contributed by atoms with Crippen LogP contribution in [0.15, 0.2) is 24.3 Å². The normalized spacial score (nSPS) is 32.3. The van der Waals surface area contributed by atoms with Crippen molar-refractivity contribution in [1.82, 2.24) is 0 Å². The van der Waals surface area contributed by atoms with Crippen LogP contribution in [0.1, 0.15) is 51.4 Å². The molecule has 2 rings (SSSR count). The highest BCUT2D eigenvalue weighted by Crippen LogP contribution is 2.20. The molecule has 0 heterocycles. The van der Waals surface area contributed by atoms with Crippen molar-refractivity contribution < 1.29 is 4.74 Å². The lowest BCUT2D eigenvalue weighted by molar-refractivity contribution is 0.0317. The van der Waals surface area contributed by atoms with Crippen molar-refractivity contribution in [2.24, 2.45) is 0 Å². The molecule has 0 aromatic heterocycles. The molecule has 0 aromatic carbocycles. The molecule has 0 fully saturated rings. The summed E-state index contributed by atoms with van der Waals surface area (Å²) in [6, 6.07) is 0. The van der Waals surface area contributed by atoms with E-state index in [1.807, 2.05) is 0 Å². The molecule has 2 aliphatic rings. The Bertz CT molecular complexity index is 205. The lowest BCUT2D eigenvalue weighted by Crippen LogP contribution is -2.18. The van der Waals surface area contributed by atoms with Crippen LogP contribution >= 0.6 is 0 Å². The Morgan fingerprint density at radius 1 is 0.733 bits per heavy atom. The van der Waals surface area contributed by atoms with E-state index in [0.29, 0.717) is 12.2 Å². The number of ether oxygens (including phenoxy) is 1. The average Bonchev–Trinajstić information content (AvgIpc) is 2.63. The molecule has 0 radical (unpaired) electrons. The standard InChI is InChI=1S/C14H22O/c1-2-6-10-13(9-5-1)15-14-11-7-3-4-8-12-14/h5,7,9,11,13-14H,1-4,6,8,10,12H2. The van der Waals surface area contributed by atoms with Gasteiger partial charge in [0.25, 0.3) is 0 Å². The van der Waals surface area contributed by atoms with Gasteiger partial charge in [-0.3, -0.25) is 0 Å². The van der Waals surface area contributed by atoms with Crippen LogP contribution in [-0.4, -0.2) is 12.2 Å². The molecule has 0 N–H and O–H groups in total. The van der Waals surface area contributed by atoms with Crippen LogP contribution in [0.25, 0.3) is 0 Å². The van der Waals surface area contributed by atoms with Crippen molar-refractivity contribution in [2.45, 2.75) is 63.6 Å². The van der Waals surface area contributed by atoms with Crippen LogP contribution in [0.5, 0.6) is 0 Å². The van der Waals surface area contributed by atoms with Crippen molar-refractivity contribution in [3.8, 4) is 0 Å². The summed E-state index contributed by atoms with van der Waals surface area (Å²) in [7, 11) is 0. The summed E-state index contributed by atoms with van der Waals surface area (Å²) in [6.45, 7) is 0. The molecule has 0 bridgehead atoms. The average molecular weight is 206 g/mol. The monoisotopic (exact) mass is 206 g/mol. The smallest absolute Gasteiger partial charge is 0.0763 e. The third kappa shape index (κ3) is 3.83. The summed E-state index contributed by atoms with van der Waals surface area (Å²) >= 11 is 0. The van der Waals surface area contributed by atoms with Gasteiger partial charge in [0.1, 0.15) is 0 Å². The van der Waals surface area contributed by atoms with E-state index in [1.54, 1.807) is 0 Å². The van der Waals surface area contributed by atoms with Gasteiger partial charge in [0.2, 0.25) is 0 Å². The third-order valence-electron chi connectivity index (χ3n) is 3.27. The topological polar surface area (TPSA) is 9.23 Å².